The fourth-order valence-corrected chi connectivity index (χ4v) is 3.31. The zero-order valence-electron chi connectivity index (χ0n) is 10.7. The van der Waals surface area contributed by atoms with Crippen LogP contribution in [-0.2, 0) is 6.18 Å². The van der Waals surface area contributed by atoms with E-state index < -0.39 is 11.7 Å². The average Bonchev–Trinajstić information content (AvgIpc) is 3.12. The number of anilines is 1. The number of nitrogens with one attached hydrogen (secondary N) is 2. The Balaban J connectivity index is 2.06. The Kier molecular flexibility index (Phi) is 3.72. The topological polar surface area (TPSA) is 64.5 Å². The van der Waals surface area contributed by atoms with E-state index in [4.69, 9.17) is 5.26 Å². The van der Waals surface area contributed by atoms with Gasteiger partial charge in [0.1, 0.15) is 6.07 Å². The molecule has 0 atom stereocenters. The van der Waals surface area contributed by atoms with Crippen molar-refractivity contribution in [2.24, 2.45) is 0 Å². The number of H-pyrrole nitrogens is 1. The van der Waals surface area contributed by atoms with Gasteiger partial charge in [-0.25, -0.2) is 0 Å². The van der Waals surface area contributed by atoms with E-state index in [1.165, 1.54) is 35.7 Å². The fourth-order valence-electron chi connectivity index (χ4n) is 2.02. The van der Waals surface area contributed by atoms with E-state index in [-0.39, 0.29) is 16.5 Å². The van der Waals surface area contributed by atoms with Crippen LogP contribution in [0.5, 0.6) is 0 Å². The molecule has 112 valence electrons. The Bertz CT molecular complexity index is 847. The summed E-state index contributed by atoms with van der Waals surface area (Å²) in [6, 6.07) is 4.11. The number of aromatic nitrogens is 2. The molecule has 3 rings (SSSR count). The summed E-state index contributed by atoms with van der Waals surface area (Å²) in [6.45, 7) is 0. The number of hydrogen-bond acceptors (Lipinski definition) is 5. The van der Waals surface area contributed by atoms with Crippen molar-refractivity contribution in [2.45, 2.75) is 11.1 Å². The second-order valence-electron chi connectivity index (χ2n) is 4.29. The number of benzene rings is 1. The van der Waals surface area contributed by atoms with E-state index in [1.807, 2.05) is 5.38 Å². The number of nitriles is 1. The Morgan fingerprint density at radius 1 is 1.36 bits per heavy atom. The van der Waals surface area contributed by atoms with Crippen molar-refractivity contribution in [3.63, 3.8) is 0 Å². The molecule has 2 N–H and O–H groups in total. The molecule has 0 unspecified atom stereocenters. The van der Waals surface area contributed by atoms with Crippen molar-refractivity contribution in [2.75, 3.05) is 4.72 Å². The van der Waals surface area contributed by atoms with Gasteiger partial charge in [0.2, 0.25) is 0 Å². The second kappa shape index (κ2) is 5.55. The lowest BCUT2D eigenvalue weighted by atomic mass is 10.1. The molecule has 2 heterocycles. The van der Waals surface area contributed by atoms with Crippen LogP contribution in [-0.4, -0.2) is 9.36 Å². The van der Waals surface area contributed by atoms with Crippen molar-refractivity contribution in [1.82, 2.24) is 9.36 Å². The van der Waals surface area contributed by atoms with Crippen LogP contribution < -0.4 is 4.72 Å². The summed E-state index contributed by atoms with van der Waals surface area (Å²) in [5.41, 5.74) is -0.135. The number of halogens is 3. The van der Waals surface area contributed by atoms with E-state index in [0.29, 0.717) is 5.69 Å². The van der Waals surface area contributed by atoms with Crippen LogP contribution in [0.1, 0.15) is 11.1 Å². The van der Waals surface area contributed by atoms with Gasteiger partial charge in [-0.15, -0.1) is 0 Å². The third-order valence-electron chi connectivity index (χ3n) is 2.95. The molecule has 9 heteroatoms. The zero-order chi connectivity index (χ0) is 15.7. The maximum Gasteiger partial charge on any atom is 0.417 e. The highest BCUT2D eigenvalue weighted by atomic mass is 32.2. The minimum Gasteiger partial charge on any atom is -0.358 e. The van der Waals surface area contributed by atoms with Gasteiger partial charge in [0.15, 0.2) is 0 Å². The largest absolute Gasteiger partial charge is 0.417 e. The van der Waals surface area contributed by atoms with Crippen LogP contribution >= 0.6 is 23.5 Å². The summed E-state index contributed by atoms with van der Waals surface area (Å²) in [5, 5.41) is 10.7. The molecule has 22 heavy (non-hydrogen) atoms. The van der Waals surface area contributed by atoms with E-state index in [0.717, 1.165) is 11.0 Å². The number of nitrogens with zero attached hydrogens (tertiary/aromatic N) is 2. The number of alkyl halides is 3. The van der Waals surface area contributed by atoms with Crippen LogP contribution in [0.15, 0.2) is 34.8 Å². The molecule has 0 aliphatic carbocycles. The molecule has 2 aromatic heterocycles. The third kappa shape index (κ3) is 2.63. The first-order valence-corrected chi connectivity index (χ1v) is 7.59. The monoisotopic (exact) mass is 340 g/mol. The van der Waals surface area contributed by atoms with Crippen LogP contribution in [0.2, 0.25) is 0 Å². The maximum atomic E-state index is 13.1. The Morgan fingerprint density at radius 2 is 2.18 bits per heavy atom. The predicted octanol–water partition coefficient (Wildman–Crippen LogP) is 4.63. The summed E-state index contributed by atoms with van der Waals surface area (Å²) in [4.78, 5) is 3.59. The summed E-state index contributed by atoms with van der Waals surface area (Å²) >= 11 is 2.52. The molecule has 0 fully saturated rings. The Hall–Kier alpha value is -2.18. The average molecular weight is 340 g/mol. The highest BCUT2D eigenvalue weighted by Crippen LogP contribution is 2.39. The van der Waals surface area contributed by atoms with E-state index in [9.17, 15) is 13.2 Å². The molecule has 0 amide bonds. The van der Waals surface area contributed by atoms with E-state index in [1.54, 1.807) is 12.3 Å². The number of hydrogen-bond donors (Lipinski definition) is 2. The summed E-state index contributed by atoms with van der Waals surface area (Å²) in [7, 11) is 0. The van der Waals surface area contributed by atoms with Gasteiger partial charge in [0, 0.05) is 17.0 Å². The summed E-state index contributed by atoms with van der Waals surface area (Å²) in [5.74, 6) is 0. The molecule has 0 saturated carbocycles. The Morgan fingerprint density at radius 3 is 2.82 bits per heavy atom. The quantitative estimate of drug-likeness (QED) is 0.682. The SMILES string of the molecule is N#Cc1c[nH]c2c(NSc3cnsc3)ccc(C(F)(F)F)c12. The first-order valence-electron chi connectivity index (χ1n) is 5.94. The molecule has 0 aliphatic rings. The van der Waals surface area contributed by atoms with Crippen molar-refractivity contribution in [1.29, 1.82) is 5.26 Å². The molecule has 0 radical (unpaired) electrons. The maximum absolute atomic E-state index is 13.1. The highest BCUT2D eigenvalue weighted by Gasteiger charge is 2.34. The van der Waals surface area contributed by atoms with Crippen LogP contribution in [0.4, 0.5) is 18.9 Å². The fraction of sp³-hybridized carbons (Fsp3) is 0.0769. The van der Waals surface area contributed by atoms with Crippen LogP contribution in [0.3, 0.4) is 0 Å². The molecule has 0 spiro atoms. The molecule has 0 saturated heterocycles. The van der Waals surface area contributed by atoms with Gasteiger partial charge in [-0.05, 0) is 35.6 Å². The van der Waals surface area contributed by atoms with Crippen molar-refractivity contribution in [3.8, 4) is 6.07 Å². The minimum atomic E-state index is -4.52. The second-order valence-corrected chi connectivity index (χ2v) is 5.82. The lowest BCUT2D eigenvalue weighted by Crippen LogP contribution is -2.06. The Labute approximate surface area is 131 Å². The predicted molar refractivity (Wildman–Crippen MR) is 79.6 cm³/mol. The summed E-state index contributed by atoms with van der Waals surface area (Å²) in [6.07, 6.45) is -1.59. The number of rotatable bonds is 3. The van der Waals surface area contributed by atoms with Crippen LogP contribution in [0.25, 0.3) is 10.9 Å². The highest BCUT2D eigenvalue weighted by molar-refractivity contribution is 8.00. The minimum absolute atomic E-state index is 0.0341. The molecular formula is C13H7F3N4S2. The van der Waals surface area contributed by atoms with E-state index >= 15 is 0 Å². The molecule has 1 aromatic carbocycles. The smallest absolute Gasteiger partial charge is 0.358 e. The van der Waals surface area contributed by atoms with Gasteiger partial charge in [-0.3, -0.25) is 0 Å². The van der Waals surface area contributed by atoms with Gasteiger partial charge in [0.05, 0.1) is 33.4 Å². The van der Waals surface area contributed by atoms with Crippen molar-refractivity contribution >= 4 is 40.1 Å². The number of aromatic amines is 1. The van der Waals surface area contributed by atoms with Gasteiger partial charge < -0.3 is 9.71 Å². The van der Waals surface area contributed by atoms with Gasteiger partial charge in [0.25, 0.3) is 0 Å². The van der Waals surface area contributed by atoms with Gasteiger partial charge >= 0.3 is 6.18 Å². The normalized spacial score (nSPS) is 11.5. The van der Waals surface area contributed by atoms with E-state index in [2.05, 4.69) is 14.1 Å². The summed E-state index contributed by atoms with van der Waals surface area (Å²) < 4.78 is 46.2. The number of fused-ring (bicyclic) bond motifs is 1. The van der Waals surface area contributed by atoms with Crippen molar-refractivity contribution in [3.05, 3.63) is 41.0 Å². The molecular weight excluding hydrogens is 333 g/mol. The van der Waals surface area contributed by atoms with Gasteiger partial charge in [-0.1, -0.05) is 0 Å². The van der Waals surface area contributed by atoms with Gasteiger partial charge in [-0.2, -0.15) is 22.8 Å². The molecule has 0 bridgehead atoms. The molecule has 4 nitrogen and oxygen atoms in total. The zero-order valence-corrected chi connectivity index (χ0v) is 12.4. The molecule has 3 aromatic rings. The lowest BCUT2D eigenvalue weighted by Gasteiger charge is -2.11. The third-order valence-corrected chi connectivity index (χ3v) is 4.47. The van der Waals surface area contributed by atoms with Crippen LogP contribution in [0, 0.1) is 11.3 Å². The standard InChI is InChI=1S/C13H7F3N4S2/c14-13(15,16)9-1-2-10(20-22-8-5-19-21-6-8)12-11(9)7(3-17)4-18-12/h1-2,4-6,18,20H. The van der Waals surface area contributed by atoms with Crippen molar-refractivity contribution < 1.29 is 13.2 Å². The molecule has 0 aliphatic heterocycles. The lowest BCUT2D eigenvalue weighted by molar-refractivity contribution is -0.136. The first kappa shape index (κ1) is 14.7. The first-order chi connectivity index (χ1) is 10.5.